The number of nitrogens with one attached hydrogen (secondary N) is 1. The number of anilines is 1. The molecule has 0 aliphatic rings. The summed E-state index contributed by atoms with van der Waals surface area (Å²) >= 11 is 0. The fraction of sp³-hybridized carbons (Fsp3) is 0.200. The summed E-state index contributed by atoms with van der Waals surface area (Å²) in [6, 6.07) is 8.68. The first kappa shape index (κ1) is 20.1. The molecule has 3 rings (SSSR count). The van der Waals surface area contributed by atoms with E-state index in [0.29, 0.717) is 0 Å². The lowest BCUT2D eigenvalue weighted by Crippen LogP contribution is -2.29. The summed E-state index contributed by atoms with van der Waals surface area (Å²) in [6.07, 6.45) is 0. The molecule has 0 unspecified atom stereocenters. The maximum absolute atomic E-state index is 13.6. The molecule has 2 aromatic carbocycles. The van der Waals surface area contributed by atoms with Gasteiger partial charge < -0.3 is 10.1 Å². The third kappa shape index (κ3) is 4.29. The molecule has 0 fully saturated rings. The van der Waals surface area contributed by atoms with Gasteiger partial charge in [-0.05, 0) is 32.0 Å². The molecule has 7 nitrogen and oxygen atoms in total. The van der Waals surface area contributed by atoms with Crippen molar-refractivity contribution < 1.29 is 23.1 Å². The molecule has 0 saturated carbocycles. The second-order valence-corrected chi connectivity index (χ2v) is 6.49. The lowest BCUT2D eigenvalue weighted by atomic mass is 10.1. The first-order chi connectivity index (χ1) is 13.8. The molecule has 29 heavy (non-hydrogen) atoms. The predicted molar refractivity (Wildman–Crippen MR) is 102 cm³/mol. The van der Waals surface area contributed by atoms with E-state index in [1.54, 1.807) is 38.1 Å². The van der Waals surface area contributed by atoms with Crippen LogP contribution in [0.25, 0.3) is 10.8 Å². The second kappa shape index (κ2) is 8.17. The normalized spacial score (nSPS) is 10.9. The van der Waals surface area contributed by atoms with E-state index in [0.717, 1.165) is 22.9 Å². The average molecular weight is 401 g/mol. The van der Waals surface area contributed by atoms with Crippen LogP contribution in [0, 0.1) is 11.6 Å². The van der Waals surface area contributed by atoms with E-state index in [9.17, 15) is 23.2 Å². The quantitative estimate of drug-likeness (QED) is 0.664. The van der Waals surface area contributed by atoms with Gasteiger partial charge in [0.1, 0.15) is 11.6 Å². The number of esters is 1. The van der Waals surface area contributed by atoms with Crippen LogP contribution < -0.4 is 10.9 Å². The van der Waals surface area contributed by atoms with Crippen LogP contribution >= 0.6 is 0 Å². The van der Waals surface area contributed by atoms with Crippen LogP contribution in [0.4, 0.5) is 14.5 Å². The molecular weight excluding hydrogens is 384 g/mol. The minimum Gasteiger partial charge on any atom is -0.451 e. The van der Waals surface area contributed by atoms with E-state index >= 15 is 0 Å². The molecule has 0 bridgehead atoms. The summed E-state index contributed by atoms with van der Waals surface area (Å²) in [4.78, 5) is 37.0. The van der Waals surface area contributed by atoms with Crippen molar-refractivity contribution in [1.29, 1.82) is 0 Å². The number of ether oxygens (including phenoxy) is 1. The summed E-state index contributed by atoms with van der Waals surface area (Å²) in [6.45, 7) is 2.73. The van der Waals surface area contributed by atoms with Crippen LogP contribution in [0.5, 0.6) is 0 Å². The highest BCUT2D eigenvalue weighted by Crippen LogP contribution is 2.17. The van der Waals surface area contributed by atoms with Crippen molar-refractivity contribution in [2.75, 3.05) is 11.9 Å². The van der Waals surface area contributed by atoms with Crippen LogP contribution in [0.1, 0.15) is 30.4 Å². The molecule has 0 atom stereocenters. The topological polar surface area (TPSA) is 90.3 Å². The van der Waals surface area contributed by atoms with Gasteiger partial charge >= 0.3 is 5.97 Å². The monoisotopic (exact) mass is 401 g/mol. The van der Waals surface area contributed by atoms with E-state index in [1.807, 2.05) is 0 Å². The molecule has 150 valence electrons. The van der Waals surface area contributed by atoms with Crippen LogP contribution in [0.3, 0.4) is 0 Å². The Labute approximate surface area is 163 Å². The standard InChI is InChI=1S/C20H17F2N3O4/c1-11(2)25-19(27)14-6-4-3-5-13(14)18(24-25)20(28)29-10-17(26)23-16-9-12(21)7-8-15(16)22/h3-9,11H,10H2,1-2H3,(H,23,26). The summed E-state index contributed by atoms with van der Waals surface area (Å²) < 4.78 is 32.9. The van der Waals surface area contributed by atoms with E-state index in [-0.39, 0.29) is 33.8 Å². The number of benzene rings is 2. The van der Waals surface area contributed by atoms with Gasteiger partial charge in [0.15, 0.2) is 12.3 Å². The fourth-order valence-corrected chi connectivity index (χ4v) is 2.69. The second-order valence-electron chi connectivity index (χ2n) is 6.49. The lowest BCUT2D eigenvalue weighted by molar-refractivity contribution is -0.119. The Kier molecular flexibility index (Phi) is 5.67. The zero-order valence-corrected chi connectivity index (χ0v) is 15.6. The number of hydrogen-bond donors (Lipinski definition) is 1. The number of amides is 1. The molecule has 9 heteroatoms. The summed E-state index contributed by atoms with van der Waals surface area (Å²) in [5.74, 6) is -3.34. The minimum atomic E-state index is -0.925. The SMILES string of the molecule is CC(C)n1nc(C(=O)OCC(=O)Nc2cc(F)ccc2F)c2ccccc2c1=O. The van der Waals surface area contributed by atoms with Gasteiger partial charge in [0, 0.05) is 11.5 Å². The van der Waals surface area contributed by atoms with Gasteiger partial charge in [-0.3, -0.25) is 9.59 Å². The third-order valence-electron chi connectivity index (χ3n) is 4.05. The largest absolute Gasteiger partial charge is 0.451 e. The Hall–Kier alpha value is -3.62. The van der Waals surface area contributed by atoms with E-state index in [4.69, 9.17) is 4.74 Å². The maximum atomic E-state index is 13.6. The Morgan fingerprint density at radius 1 is 1.14 bits per heavy atom. The van der Waals surface area contributed by atoms with Crippen molar-refractivity contribution in [2.45, 2.75) is 19.9 Å². The first-order valence-corrected chi connectivity index (χ1v) is 8.71. The highest BCUT2D eigenvalue weighted by Gasteiger charge is 2.20. The van der Waals surface area contributed by atoms with E-state index < -0.39 is 30.1 Å². The van der Waals surface area contributed by atoms with Crippen molar-refractivity contribution in [3.63, 3.8) is 0 Å². The number of rotatable bonds is 5. The van der Waals surface area contributed by atoms with Crippen LogP contribution in [0.2, 0.25) is 0 Å². The molecule has 0 aliphatic heterocycles. The molecule has 0 saturated heterocycles. The van der Waals surface area contributed by atoms with Gasteiger partial charge in [0.2, 0.25) is 0 Å². The molecule has 0 aliphatic carbocycles. The average Bonchev–Trinajstić information content (AvgIpc) is 2.69. The van der Waals surface area contributed by atoms with Crippen molar-refractivity contribution in [3.8, 4) is 0 Å². The number of carbonyl (C=O) groups is 2. The Morgan fingerprint density at radius 2 is 1.83 bits per heavy atom. The number of fused-ring (bicyclic) bond motifs is 1. The van der Waals surface area contributed by atoms with Gasteiger partial charge in [-0.15, -0.1) is 0 Å². The molecule has 3 aromatic rings. The Bertz CT molecular complexity index is 1160. The van der Waals surface area contributed by atoms with E-state index in [2.05, 4.69) is 10.4 Å². The van der Waals surface area contributed by atoms with Crippen molar-refractivity contribution in [1.82, 2.24) is 9.78 Å². The van der Waals surface area contributed by atoms with Gasteiger partial charge in [0.25, 0.3) is 11.5 Å². The van der Waals surface area contributed by atoms with Gasteiger partial charge in [-0.25, -0.2) is 18.3 Å². The summed E-state index contributed by atoms with van der Waals surface area (Å²) in [5, 5.41) is 6.78. The van der Waals surface area contributed by atoms with E-state index in [1.165, 1.54) is 0 Å². The first-order valence-electron chi connectivity index (χ1n) is 8.71. The fourth-order valence-electron chi connectivity index (χ4n) is 2.69. The number of nitrogens with zero attached hydrogens (tertiary/aromatic N) is 2. The maximum Gasteiger partial charge on any atom is 0.359 e. The van der Waals surface area contributed by atoms with Gasteiger partial charge in [-0.1, -0.05) is 18.2 Å². The van der Waals surface area contributed by atoms with Crippen molar-refractivity contribution >= 4 is 28.3 Å². The highest BCUT2D eigenvalue weighted by atomic mass is 19.1. The smallest absolute Gasteiger partial charge is 0.359 e. The molecule has 1 amide bonds. The molecule has 1 aromatic heterocycles. The summed E-state index contributed by atoms with van der Waals surface area (Å²) in [7, 11) is 0. The number of carbonyl (C=O) groups excluding carboxylic acids is 2. The zero-order valence-electron chi connectivity index (χ0n) is 15.6. The molecule has 1 N–H and O–H groups in total. The molecule has 0 radical (unpaired) electrons. The number of aromatic nitrogens is 2. The zero-order chi connectivity index (χ0) is 21.1. The molecule has 1 heterocycles. The van der Waals surface area contributed by atoms with Gasteiger partial charge in [-0.2, -0.15) is 5.10 Å². The Morgan fingerprint density at radius 3 is 2.52 bits per heavy atom. The summed E-state index contributed by atoms with van der Waals surface area (Å²) in [5.41, 5.74) is -0.854. The highest BCUT2D eigenvalue weighted by molar-refractivity contribution is 6.03. The van der Waals surface area contributed by atoms with Crippen LogP contribution in [-0.2, 0) is 9.53 Å². The number of hydrogen-bond acceptors (Lipinski definition) is 5. The number of halogens is 2. The van der Waals surface area contributed by atoms with Crippen LogP contribution in [0.15, 0.2) is 47.3 Å². The van der Waals surface area contributed by atoms with Crippen molar-refractivity contribution in [3.05, 3.63) is 70.1 Å². The third-order valence-corrected chi connectivity index (χ3v) is 4.05. The minimum absolute atomic E-state index is 0.126. The van der Waals surface area contributed by atoms with Crippen molar-refractivity contribution in [2.24, 2.45) is 0 Å². The Balaban J connectivity index is 1.81. The molecule has 0 spiro atoms. The molecular formula is C20H17F2N3O4. The van der Waals surface area contributed by atoms with Gasteiger partial charge in [0.05, 0.1) is 17.1 Å². The lowest BCUT2D eigenvalue weighted by Gasteiger charge is -2.13. The van der Waals surface area contributed by atoms with Crippen LogP contribution in [-0.4, -0.2) is 28.3 Å². The predicted octanol–water partition coefficient (Wildman–Crippen LogP) is 3.05.